The summed E-state index contributed by atoms with van der Waals surface area (Å²) in [5.74, 6) is 1.10. The topological polar surface area (TPSA) is 101 Å². The first-order chi connectivity index (χ1) is 13.7. The van der Waals surface area contributed by atoms with Gasteiger partial charge in [-0.25, -0.2) is 9.98 Å². The van der Waals surface area contributed by atoms with Gasteiger partial charge in [0.15, 0.2) is 11.9 Å². The van der Waals surface area contributed by atoms with E-state index in [2.05, 4.69) is 38.8 Å². The summed E-state index contributed by atoms with van der Waals surface area (Å²) in [4.78, 5) is 9.03. The molecule has 2 aliphatic rings. The molecule has 6 N–H and O–H groups in total. The van der Waals surface area contributed by atoms with Gasteiger partial charge in [-0.1, -0.05) is 62.8 Å². The maximum Gasteiger partial charge on any atom is 0.189 e. The third-order valence-corrected chi connectivity index (χ3v) is 5.77. The maximum absolute atomic E-state index is 6.07. The molecule has 0 unspecified atom stereocenters. The smallest absolute Gasteiger partial charge is 0.189 e. The number of aliphatic imine (C=N–C) groups is 2. The van der Waals surface area contributed by atoms with E-state index >= 15 is 0 Å². The minimum Gasteiger partial charge on any atom is -0.370 e. The fourth-order valence-corrected chi connectivity index (χ4v) is 4.18. The Morgan fingerprint density at radius 1 is 0.750 bits per heavy atom. The van der Waals surface area contributed by atoms with Crippen LogP contribution in [0.1, 0.15) is 75.3 Å². The molecule has 0 amide bonds. The van der Waals surface area contributed by atoms with E-state index in [1.54, 1.807) is 0 Å². The Labute approximate surface area is 169 Å². The largest absolute Gasteiger partial charge is 0.370 e. The highest BCUT2D eigenvalue weighted by atomic mass is 15.1. The number of nitrogens with zero attached hydrogens (tertiary/aromatic N) is 2. The van der Waals surface area contributed by atoms with Gasteiger partial charge in [-0.3, -0.25) is 0 Å². The van der Waals surface area contributed by atoms with E-state index in [4.69, 9.17) is 11.5 Å². The molecule has 0 aliphatic heterocycles. The Hall–Kier alpha value is -2.24. The Morgan fingerprint density at radius 2 is 1.18 bits per heavy atom. The molecular formula is C22H36N6. The van der Waals surface area contributed by atoms with E-state index in [-0.39, 0.29) is 0 Å². The molecule has 0 spiro atoms. The van der Waals surface area contributed by atoms with Crippen molar-refractivity contribution in [3.05, 3.63) is 35.4 Å². The summed E-state index contributed by atoms with van der Waals surface area (Å²) in [7, 11) is 0. The highest BCUT2D eigenvalue weighted by Gasteiger charge is 2.14. The van der Waals surface area contributed by atoms with E-state index < -0.39 is 0 Å². The molecule has 1 aromatic rings. The number of guanidine groups is 2. The molecule has 154 valence electrons. The van der Waals surface area contributed by atoms with E-state index in [0.29, 0.717) is 37.1 Å². The number of benzene rings is 1. The van der Waals surface area contributed by atoms with Gasteiger partial charge in [0.2, 0.25) is 0 Å². The van der Waals surface area contributed by atoms with Gasteiger partial charge in [0.25, 0.3) is 0 Å². The lowest BCUT2D eigenvalue weighted by molar-refractivity contribution is 0.412. The molecule has 0 atom stereocenters. The zero-order valence-corrected chi connectivity index (χ0v) is 17.0. The van der Waals surface area contributed by atoms with Crippen LogP contribution < -0.4 is 22.1 Å². The molecule has 1 aromatic carbocycles. The third-order valence-electron chi connectivity index (χ3n) is 5.77. The lowest BCUT2D eigenvalue weighted by Gasteiger charge is -2.23. The Morgan fingerprint density at radius 3 is 1.61 bits per heavy atom. The van der Waals surface area contributed by atoms with Crippen molar-refractivity contribution in [2.75, 3.05) is 0 Å². The first kappa shape index (κ1) is 20.5. The normalized spacial score (nSPS) is 20.1. The molecule has 2 aliphatic carbocycles. The summed E-state index contributed by atoms with van der Waals surface area (Å²) >= 11 is 0. The van der Waals surface area contributed by atoms with Gasteiger partial charge in [0.1, 0.15) is 0 Å². The van der Waals surface area contributed by atoms with Crippen molar-refractivity contribution >= 4 is 11.9 Å². The Kier molecular flexibility index (Phi) is 8.00. The monoisotopic (exact) mass is 384 g/mol. The van der Waals surface area contributed by atoms with E-state index in [9.17, 15) is 0 Å². The van der Waals surface area contributed by atoms with Gasteiger partial charge in [0.05, 0.1) is 13.1 Å². The molecule has 2 fully saturated rings. The van der Waals surface area contributed by atoms with Crippen LogP contribution in [0.25, 0.3) is 0 Å². The summed E-state index contributed by atoms with van der Waals surface area (Å²) in [6, 6.07) is 9.30. The average Bonchev–Trinajstić information content (AvgIpc) is 2.73. The second kappa shape index (κ2) is 10.9. The molecule has 28 heavy (non-hydrogen) atoms. The molecule has 3 rings (SSSR count). The summed E-state index contributed by atoms with van der Waals surface area (Å²) in [6.07, 6.45) is 12.6. The van der Waals surface area contributed by atoms with Crippen molar-refractivity contribution < 1.29 is 0 Å². The number of rotatable bonds is 6. The quantitative estimate of drug-likeness (QED) is 0.447. The van der Waals surface area contributed by atoms with Crippen molar-refractivity contribution in [1.29, 1.82) is 0 Å². The predicted molar refractivity (Wildman–Crippen MR) is 117 cm³/mol. The van der Waals surface area contributed by atoms with Crippen LogP contribution in [0, 0.1) is 0 Å². The van der Waals surface area contributed by atoms with Crippen molar-refractivity contribution in [2.45, 2.75) is 89.4 Å². The second-order valence-corrected chi connectivity index (χ2v) is 8.18. The minimum atomic E-state index is 0.484. The molecular weight excluding hydrogens is 348 g/mol. The highest BCUT2D eigenvalue weighted by molar-refractivity contribution is 5.78. The van der Waals surface area contributed by atoms with Crippen molar-refractivity contribution in [2.24, 2.45) is 21.5 Å². The lowest BCUT2D eigenvalue weighted by Crippen LogP contribution is -2.41. The van der Waals surface area contributed by atoms with E-state index in [1.807, 2.05) is 6.07 Å². The van der Waals surface area contributed by atoms with Crippen LogP contribution >= 0.6 is 0 Å². The van der Waals surface area contributed by atoms with Crippen LogP contribution in [0.3, 0.4) is 0 Å². The van der Waals surface area contributed by atoms with Crippen molar-refractivity contribution in [3.63, 3.8) is 0 Å². The average molecular weight is 385 g/mol. The fraction of sp³-hybridized carbons (Fsp3) is 0.636. The third kappa shape index (κ3) is 7.06. The van der Waals surface area contributed by atoms with Gasteiger partial charge in [-0.05, 0) is 36.8 Å². The first-order valence-electron chi connectivity index (χ1n) is 10.9. The zero-order valence-electron chi connectivity index (χ0n) is 17.0. The summed E-state index contributed by atoms with van der Waals surface area (Å²) in [5, 5.41) is 6.73. The van der Waals surface area contributed by atoms with Crippen molar-refractivity contribution in [3.8, 4) is 0 Å². The molecule has 0 aromatic heterocycles. The number of hydrogen-bond acceptors (Lipinski definition) is 2. The Balaban J connectivity index is 1.47. The van der Waals surface area contributed by atoms with Gasteiger partial charge < -0.3 is 22.1 Å². The van der Waals surface area contributed by atoms with Gasteiger partial charge in [0, 0.05) is 12.1 Å². The summed E-state index contributed by atoms with van der Waals surface area (Å²) in [6.45, 7) is 1.16. The van der Waals surface area contributed by atoms with Crippen LogP contribution in [-0.4, -0.2) is 24.0 Å². The first-order valence-corrected chi connectivity index (χ1v) is 10.9. The van der Waals surface area contributed by atoms with Crippen LogP contribution in [0.4, 0.5) is 0 Å². The van der Waals surface area contributed by atoms with Gasteiger partial charge >= 0.3 is 0 Å². The standard InChI is InChI=1S/C22H36N6/c23-21(27-19-10-3-1-4-11-19)25-15-17-8-7-9-18(14-17)16-26-22(24)28-20-12-5-2-6-13-20/h7-9,14,19-20H,1-6,10-13,15-16H2,(H3,23,25,27)(H3,24,26,28). The number of nitrogens with one attached hydrogen (secondary N) is 2. The highest BCUT2D eigenvalue weighted by Crippen LogP contribution is 2.18. The molecule has 0 radical (unpaired) electrons. The molecule has 0 heterocycles. The van der Waals surface area contributed by atoms with E-state index in [0.717, 1.165) is 11.1 Å². The van der Waals surface area contributed by atoms with Crippen LogP contribution in [0.2, 0.25) is 0 Å². The number of hydrogen-bond donors (Lipinski definition) is 4. The van der Waals surface area contributed by atoms with Gasteiger partial charge in [-0.15, -0.1) is 0 Å². The van der Waals surface area contributed by atoms with Crippen LogP contribution in [0.15, 0.2) is 34.3 Å². The minimum absolute atomic E-state index is 0.484. The van der Waals surface area contributed by atoms with Crippen molar-refractivity contribution in [1.82, 2.24) is 10.6 Å². The lowest BCUT2D eigenvalue weighted by atomic mass is 9.96. The zero-order chi connectivity index (χ0) is 19.6. The molecule has 6 nitrogen and oxygen atoms in total. The molecule has 0 saturated heterocycles. The summed E-state index contributed by atoms with van der Waals surface area (Å²) in [5.41, 5.74) is 14.4. The SMILES string of the molecule is NC(=NCc1cccc(CN=C(N)NC2CCCCC2)c1)NC1CCCCC1. The van der Waals surface area contributed by atoms with Crippen LogP contribution in [0.5, 0.6) is 0 Å². The predicted octanol–water partition coefficient (Wildman–Crippen LogP) is 3.16. The number of nitrogens with two attached hydrogens (primary N) is 2. The van der Waals surface area contributed by atoms with Crippen LogP contribution in [-0.2, 0) is 13.1 Å². The molecule has 0 bridgehead atoms. The second-order valence-electron chi connectivity index (χ2n) is 8.18. The van der Waals surface area contributed by atoms with E-state index in [1.165, 1.54) is 64.2 Å². The fourth-order valence-electron chi connectivity index (χ4n) is 4.18. The molecule has 6 heteroatoms. The maximum atomic E-state index is 6.07. The summed E-state index contributed by atoms with van der Waals surface area (Å²) < 4.78 is 0. The Bertz CT molecular complexity index is 603. The molecule has 2 saturated carbocycles. The van der Waals surface area contributed by atoms with Gasteiger partial charge in [-0.2, -0.15) is 0 Å².